The molecule has 1 rings (SSSR count). The summed E-state index contributed by atoms with van der Waals surface area (Å²) in [5.74, 6) is -3.14. The van der Waals surface area contributed by atoms with Gasteiger partial charge in [0.1, 0.15) is 10.0 Å². The zero-order valence-corrected chi connectivity index (χ0v) is 8.63. The molecule has 4 nitrogen and oxygen atoms in total. The highest BCUT2D eigenvalue weighted by atomic mass is 79.9. The van der Waals surface area contributed by atoms with Gasteiger partial charge in [0, 0.05) is 0 Å². The Balaban J connectivity index is 3.51. The normalized spacial score (nSPS) is 9.93. The van der Waals surface area contributed by atoms with Crippen molar-refractivity contribution >= 4 is 21.9 Å². The fraction of sp³-hybridized carbons (Fsp3) is 0.125. The molecule has 0 aliphatic rings. The maximum Gasteiger partial charge on any atom is 0.339 e. The van der Waals surface area contributed by atoms with Crippen LogP contribution in [0.25, 0.3) is 0 Å². The third-order valence-corrected chi connectivity index (χ3v) is 2.32. The number of hydrogen-bond acceptors (Lipinski definition) is 3. The third kappa shape index (κ3) is 1.65. The van der Waals surface area contributed by atoms with E-state index in [1.807, 2.05) is 0 Å². The standard InChI is InChI=1S/C8H6BrFO4/c1-14-7-3(8(12)13)2-4(10)6(11)5(7)9/h2,11H,1H3,(H,12,13). The monoisotopic (exact) mass is 264 g/mol. The molecule has 0 atom stereocenters. The van der Waals surface area contributed by atoms with Crippen LogP contribution in [-0.2, 0) is 0 Å². The molecular formula is C8H6BrFO4. The molecule has 0 aliphatic carbocycles. The van der Waals surface area contributed by atoms with Gasteiger partial charge in [0.2, 0.25) is 0 Å². The minimum absolute atomic E-state index is 0.114. The number of aromatic hydroxyl groups is 1. The van der Waals surface area contributed by atoms with Crippen molar-refractivity contribution in [3.8, 4) is 11.5 Å². The summed E-state index contributed by atoms with van der Waals surface area (Å²) in [6.07, 6.45) is 0. The number of ether oxygens (including phenoxy) is 1. The van der Waals surface area contributed by atoms with E-state index in [9.17, 15) is 9.18 Å². The zero-order chi connectivity index (χ0) is 10.9. The number of carboxylic acid groups (broad SMARTS) is 1. The van der Waals surface area contributed by atoms with Gasteiger partial charge in [-0.15, -0.1) is 0 Å². The lowest BCUT2D eigenvalue weighted by Gasteiger charge is -2.09. The largest absolute Gasteiger partial charge is 0.504 e. The summed E-state index contributed by atoms with van der Waals surface area (Å²) in [6, 6.07) is 0.696. The van der Waals surface area contributed by atoms with Crippen LogP contribution in [0.3, 0.4) is 0 Å². The molecule has 76 valence electrons. The number of phenols is 1. The van der Waals surface area contributed by atoms with Gasteiger partial charge in [0.05, 0.1) is 7.11 Å². The summed E-state index contributed by atoms with van der Waals surface area (Å²) in [6.45, 7) is 0. The zero-order valence-electron chi connectivity index (χ0n) is 7.04. The number of benzene rings is 1. The summed E-state index contributed by atoms with van der Waals surface area (Å²) >= 11 is 2.83. The first-order valence-corrected chi connectivity index (χ1v) is 4.26. The Morgan fingerprint density at radius 3 is 2.64 bits per heavy atom. The highest BCUT2D eigenvalue weighted by Gasteiger charge is 2.20. The number of carbonyl (C=O) groups is 1. The first-order chi connectivity index (χ1) is 6.49. The van der Waals surface area contributed by atoms with E-state index < -0.39 is 17.5 Å². The molecule has 0 radical (unpaired) electrons. The molecule has 0 aliphatic heterocycles. The Labute approximate surface area is 87.1 Å². The maximum absolute atomic E-state index is 12.9. The number of aromatic carboxylic acids is 1. The minimum atomic E-state index is -1.33. The van der Waals surface area contributed by atoms with Crippen molar-refractivity contribution in [1.82, 2.24) is 0 Å². The summed E-state index contributed by atoms with van der Waals surface area (Å²) in [4.78, 5) is 10.6. The van der Waals surface area contributed by atoms with Crippen molar-refractivity contribution in [3.05, 3.63) is 21.9 Å². The van der Waals surface area contributed by atoms with E-state index in [1.54, 1.807) is 0 Å². The van der Waals surface area contributed by atoms with E-state index in [-0.39, 0.29) is 15.8 Å². The van der Waals surface area contributed by atoms with Gasteiger partial charge in [-0.05, 0) is 22.0 Å². The van der Waals surface area contributed by atoms with Gasteiger partial charge < -0.3 is 14.9 Å². The smallest absolute Gasteiger partial charge is 0.339 e. The van der Waals surface area contributed by atoms with Gasteiger partial charge >= 0.3 is 5.97 Å². The summed E-state index contributed by atoms with van der Waals surface area (Å²) in [7, 11) is 1.23. The van der Waals surface area contributed by atoms with Crippen LogP contribution in [0.4, 0.5) is 4.39 Å². The summed E-state index contributed by atoms with van der Waals surface area (Å²) < 4.78 is 17.5. The van der Waals surface area contributed by atoms with E-state index in [1.165, 1.54) is 7.11 Å². The number of hydrogen-bond donors (Lipinski definition) is 2. The lowest BCUT2D eigenvalue weighted by molar-refractivity contribution is 0.0692. The van der Waals surface area contributed by atoms with Crippen LogP contribution in [0.15, 0.2) is 10.5 Å². The van der Waals surface area contributed by atoms with Gasteiger partial charge in [0.25, 0.3) is 0 Å². The Morgan fingerprint density at radius 2 is 2.21 bits per heavy atom. The molecule has 6 heteroatoms. The van der Waals surface area contributed by atoms with E-state index in [0.29, 0.717) is 6.07 Å². The molecule has 1 aromatic rings. The van der Waals surface area contributed by atoms with E-state index in [2.05, 4.69) is 15.9 Å². The number of methoxy groups -OCH3 is 1. The predicted molar refractivity (Wildman–Crippen MR) is 49.3 cm³/mol. The Morgan fingerprint density at radius 1 is 1.64 bits per heavy atom. The maximum atomic E-state index is 12.9. The van der Waals surface area contributed by atoms with Crippen LogP contribution in [0.5, 0.6) is 11.5 Å². The lowest BCUT2D eigenvalue weighted by atomic mass is 10.2. The molecule has 2 N–H and O–H groups in total. The highest BCUT2D eigenvalue weighted by Crippen LogP contribution is 2.38. The second kappa shape index (κ2) is 3.83. The SMILES string of the molecule is COc1c(C(=O)O)cc(F)c(O)c1Br. The van der Waals surface area contributed by atoms with E-state index in [0.717, 1.165) is 0 Å². The molecule has 0 spiro atoms. The van der Waals surface area contributed by atoms with Crippen LogP contribution in [0, 0.1) is 5.82 Å². The van der Waals surface area contributed by atoms with Crippen molar-refractivity contribution < 1.29 is 24.1 Å². The van der Waals surface area contributed by atoms with Crippen LogP contribution in [0.2, 0.25) is 0 Å². The molecular weight excluding hydrogens is 259 g/mol. The van der Waals surface area contributed by atoms with Crippen molar-refractivity contribution in [2.75, 3.05) is 7.11 Å². The van der Waals surface area contributed by atoms with Gasteiger partial charge in [-0.1, -0.05) is 0 Å². The van der Waals surface area contributed by atoms with E-state index in [4.69, 9.17) is 14.9 Å². The Hall–Kier alpha value is -1.30. The molecule has 0 saturated carbocycles. The molecule has 1 aromatic carbocycles. The summed E-state index contributed by atoms with van der Waals surface area (Å²) in [5.41, 5.74) is -0.352. The van der Waals surface area contributed by atoms with Gasteiger partial charge in [-0.2, -0.15) is 0 Å². The van der Waals surface area contributed by atoms with E-state index >= 15 is 0 Å². The highest BCUT2D eigenvalue weighted by molar-refractivity contribution is 9.10. The van der Waals surface area contributed by atoms with Crippen LogP contribution >= 0.6 is 15.9 Å². The second-order valence-electron chi connectivity index (χ2n) is 2.41. The van der Waals surface area contributed by atoms with Crippen LogP contribution < -0.4 is 4.74 Å². The van der Waals surface area contributed by atoms with Crippen molar-refractivity contribution in [1.29, 1.82) is 0 Å². The summed E-state index contributed by atoms with van der Waals surface area (Å²) in [5, 5.41) is 17.8. The molecule has 0 heterocycles. The molecule has 0 fully saturated rings. The lowest BCUT2D eigenvalue weighted by Crippen LogP contribution is -2.02. The minimum Gasteiger partial charge on any atom is -0.504 e. The van der Waals surface area contributed by atoms with Crippen LogP contribution in [0.1, 0.15) is 10.4 Å². The molecule has 0 saturated heterocycles. The van der Waals surface area contributed by atoms with Crippen molar-refractivity contribution in [2.45, 2.75) is 0 Å². The fourth-order valence-corrected chi connectivity index (χ4v) is 1.51. The van der Waals surface area contributed by atoms with Gasteiger partial charge in [-0.3, -0.25) is 0 Å². The third-order valence-electron chi connectivity index (χ3n) is 1.58. The average Bonchev–Trinajstić information content (AvgIpc) is 2.13. The quantitative estimate of drug-likeness (QED) is 0.858. The first-order valence-electron chi connectivity index (χ1n) is 3.47. The second-order valence-corrected chi connectivity index (χ2v) is 3.20. The fourth-order valence-electron chi connectivity index (χ4n) is 0.950. The van der Waals surface area contributed by atoms with Gasteiger partial charge in [0.15, 0.2) is 17.3 Å². The Bertz CT molecular complexity index is 391. The Kier molecular flexibility index (Phi) is 2.95. The number of halogens is 2. The molecule has 0 bridgehead atoms. The molecule has 0 unspecified atom stereocenters. The first kappa shape index (κ1) is 10.8. The van der Waals surface area contributed by atoms with Crippen molar-refractivity contribution in [2.24, 2.45) is 0 Å². The molecule has 14 heavy (non-hydrogen) atoms. The van der Waals surface area contributed by atoms with Crippen LogP contribution in [-0.4, -0.2) is 23.3 Å². The van der Waals surface area contributed by atoms with Gasteiger partial charge in [-0.25, -0.2) is 9.18 Å². The number of rotatable bonds is 2. The molecule has 0 aromatic heterocycles. The topological polar surface area (TPSA) is 66.8 Å². The van der Waals surface area contributed by atoms with Crippen molar-refractivity contribution in [3.63, 3.8) is 0 Å². The predicted octanol–water partition coefficient (Wildman–Crippen LogP) is 2.00. The average molecular weight is 265 g/mol. The molecule has 0 amide bonds. The number of carboxylic acids is 1. The number of phenolic OH excluding ortho intramolecular Hbond substituents is 1.